The number of alkyl halides is 11. The first-order valence-electron chi connectivity index (χ1n) is 8.50. The van der Waals surface area contributed by atoms with E-state index in [0.717, 1.165) is 12.8 Å². The van der Waals surface area contributed by atoms with Crippen molar-refractivity contribution in [3.63, 3.8) is 0 Å². The highest BCUT2D eigenvalue weighted by Crippen LogP contribution is 2.82. The predicted octanol–water partition coefficient (Wildman–Crippen LogP) is 11.5. The van der Waals surface area contributed by atoms with Crippen LogP contribution >= 0.6 is 175 Å². The molecule has 1 aliphatic carbocycles. The maximum Gasteiger partial charge on any atom is 0.135 e. The van der Waals surface area contributed by atoms with Crippen molar-refractivity contribution >= 4 is 175 Å². The van der Waals surface area contributed by atoms with E-state index in [1.807, 2.05) is 0 Å². The molecule has 0 amide bonds. The van der Waals surface area contributed by atoms with Gasteiger partial charge in [0.1, 0.15) is 16.2 Å². The highest BCUT2D eigenvalue weighted by molar-refractivity contribution is 9.36. The maximum atomic E-state index is 4.15. The standard InChI is InChI=1S/C18H17Br11/c1-10(8-12-6-4-3-5-7-12)11(2)9-13(19)14(20,21)16(24,25)18(28,29)17(26,27)15(13,22)23/h3-7,10-11H,8-9H2,1-2H3. The SMILES string of the molecule is CC(Cc1ccccc1)C(C)CC1(Br)C(Br)(Br)C(Br)(Br)C(Br)(Br)C(Br)(Br)C1(Br)Br. The normalized spacial score (nSPS) is 27.8. The molecule has 0 bridgehead atoms. The fraction of sp³-hybridized carbons (Fsp3) is 0.667. The molecule has 1 fully saturated rings. The lowest BCUT2D eigenvalue weighted by Crippen LogP contribution is -2.78. The van der Waals surface area contributed by atoms with Crippen molar-refractivity contribution < 1.29 is 0 Å². The molecule has 2 atom stereocenters. The van der Waals surface area contributed by atoms with E-state index in [-0.39, 0.29) is 0 Å². The van der Waals surface area contributed by atoms with Crippen molar-refractivity contribution in [3.05, 3.63) is 35.9 Å². The van der Waals surface area contributed by atoms with Gasteiger partial charge in [-0.05, 0) is 30.2 Å². The first-order valence-corrected chi connectivity index (χ1v) is 17.2. The molecule has 166 valence electrons. The number of halogens is 11. The topological polar surface area (TPSA) is 0 Å². The molecule has 0 aliphatic heterocycles. The zero-order chi connectivity index (χ0) is 22.7. The lowest BCUT2D eigenvalue weighted by molar-refractivity contribution is 0.281. The van der Waals surface area contributed by atoms with Crippen LogP contribution in [-0.4, -0.2) is 20.5 Å². The van der Waals surface area contributed by atoms with Crippen LogP contribution < -0.4 is 0 Å². The minimum atomic E-state index is -0.684. The van der Waals surface area contributed by atoms with Crippen molar-refractivity contribution in [2.45, 2.75) is 47.2 Å². The Morgan fingerprint density at radius 3 is 1.38 bits per heavy atom. The van der Waals surface area contributed by atoms with E-state index in [9.17, 15) is 0 Å². The van der Waals surface area contributed by atoms with Crippen LogP contribution in [0.5, 0.6) is 0 Å². The zero-order valence-corrected chi connectivity index (χ0v) is 32.6. The summed E-state index contributed by atoms with van der Waals surface area (Å²) in [4.78, 5) is 0. The molecule has 0 spiro atoms. The fourth-order valence-corrected chi connectivity index (χ4v) is 16.6. The molecule has 1 aromatic carbocycles. The molecular weight excluding hydrogens is 1100 g/mol. The Morgan fingerprint density at radius 1 is 0.586 bits per heavy atom. The molecule has 0 N–H and O–H groups in total. The second-order valence-electron chi connectivity index (χ2n) is 7.52. The smallest absolute Gasteiger partial charge is 0.0802 e. The third-order valence-corrected chi connectivity index (χ3v) is 29.9. The van der Waals surface area contributed by atoms with Gasteiger partial charge in [-0.1, -0.05) is 219 Å². The molecule has 0 nitrogen and oxygen atoms in total. The molecule has 29 heavy (non-hydrogen) atoms. The summed E-state index contributed by atoms with van der Waals surface area (Å²) in [5.41, 5.74) is 1.36. The maximum absolute atomic E-state index is 4.15. The molecular formula is C18H17Br11. The van der Waals surface area contributed by atoms with Gasteiger partial charge in [0.15, 0.2) is 0 Å². The van der Waals surface area contributed by atoms with Gasteiger partial charge in [-0.2, -0.15) is 0 Å². The Kier molecular flexibility index (Phi) is 10.4. The molecule has 1 saturated carbocycles. The number of rotatable bonds is 5. The molecule has 0 aromatic heterocycles. The highest BCUT2D eigenvalue weighted by Gasteiger charge is 2.84. The van der Waals surface area contributed by atoms with E-state index in [4.69, 9.17) is 0 Å². The Bertz CT molecular complexity index is 697. The van der Waals surface area contributed by atoms with Gasteiger partial charge in [0.05, 0.1) is 4.32 Å². The van der Waals surface area contributed by atoms with Crippen molar-refractivity contribution in [2.75, 3.05) is 0 Å². The summed E-state index contributed by atoms with van der Waals surface area (Å²) < 4.78 is -3.86. The first kappa shape index (κ1) is 29.7. The van der Waals surface area contributed by atoms with Crippen LogP contribution in [0.4, 0.5) is 0 Å². The molecule has 2 rings (SSSR count). The molecule has 1 aromatic rings. The number of hydrogen-bond donors (Lipinski definition) is 0. The van der Waals surface area contributed by atoms with Crippen molar-refractivity contribution in [1.82, 2.24) is 0 Å². The second-order valence-corrected chi connectivity index (χ2v) is 26.1. The summed E-state index contributed by atoms with van der Waals surface area (Å²) in [7, 11) is 0. The van der Waals surface area contributed by atoms with E-state index in [2.05, 4.69) is 219 Å². The Balaban J connectivity index is 2.45. The van der Waals surface area contributed by atoms with Crippen LogP contribution in [0.25, 0.3) is 0 Å². The lowest BCUT2D eigenvalue weighted by atomic mass is 9.77. The summed E-state index contributed by atoms with van der Waals surface area (Å²) in [6.45, 7) is 4.62. The third-order valence-electron chi connectivity index (χ3n) is 5.55. The van der Waals surface area contributed by atoms with Gasteiger partial charge in [-0.25, -0.2) is 0 Å². The molecule has 0 heterocycles. The van der Waals surface area contributed by atoms with E-state index in [1.54, 1.807) is 0 Å². The summed E-state index contributed by atoms with van der Waals surface area (Å²) in [5, 5.41) is 0. The second kappa shape index (κ2) is 10.1. The van der Waals surface area contributed by atoms with Gasteiger partial charge < -0.3 is 0 Å². The zero-order valence-electron chi connectivity index (χ0n) is 15.1. The minimum Gasteiger partial charge on any atom is -0.0802 e. The van der Waals surface area contributed by atoms with Gasteiger partial charge in [0, 0.05) is 0 Å². The predicted molar refractivity (Wildman–Crippen MR) is 168 cm³/mol. The van der Waals surface area contributed by atoms with Crippen LogP contribution in [0.3, 0.4) is 0 Å². The summed E-state index contributed by atoms with van der Waals surface area (Å²) in [6.07, 6.45) is 1.88. The molecule has 11 heteroatoms. The summed E-state index contributed by atoms with van der Waals surface area (Å²) >= 11 is 43.5. The molecule has 2 unspecified atom stereocenters. The summed E-state index contributed by atoms with van der Waals surface area (Å²) in [6, 6.07) is 10.7. The van der Waals surface area contributed by atoms with E-state index < -0.39 is 20.5 Å². The van der Waals surface area contributed by atoms with Crippen LogP contribution in [0, 0.1) is 11.8 Å². The molecule has 1 aliphatic rings. The average molecular weight is 1110 g/mol. The van der Waals surface area contributed by atoms with E-state index in [0.29, 0.717) is 11.8 Å². The average Bonchev–Trinajstić information content (AvgIpc) is 2.60. The third kappa shape index (κ3) is 4.78. The monoisotopic (exact) mass is 1100 g/mol. The van der Waals surface area contributed by atoms with E-state index >= 15 is 0 Å². The van der Waals surface area contributed by atoms with Gasteiger partial charge in [0.25, 0.3) is 0 Å². The van der Waals surface area contributed by atoms with E-state index in [1.165, 1.54) is 5.56 Å². The van der Waals surface area contributed by atoms with Crippen LogP contribution in [0.1, 0.15) is 25.8 Å². The minimum absolute atomic E-state index is 0.406. The Hall–Kier alpha value is 4.50. The number of hydrogen-bond acceptors (Lipinski definition) is 0. The Morgan fingerprint density at radius 2 is 0.966 bits per heavy atom. The van der Waals surface area contributed by atoms with Crippen LogP contribution in [-0.2, 0) is 6.42 Å². The van der Waals surface area contributed by atoms with Gasteiger partial charge in [-0.3, -0.25) is 0 Å². The van der Waals surface area contributed by atoms with Gasteiger partial charge >= 0.3 is 0 Å². The van der Waals surface area contributed by atoms with Crippen molar-refractivity contribution in [1.29, 1.82) is 0 Å². The van der Waals surface area contributed by atoms with Crippen molar-refractivity contribution in [2.24, 2.45) is 11.8 Å². The molecule has 0 radical (unpaired) electrons. The van der Waals surface area contributed by atoms with Crippen molar-refractivity contribution in [3.8, 4) is 0 Å². The molecule has 0 saturated heterocycles. The van der Waals surface area contributed by atoms with Crippen LogP contribution in [0.2, 0.25) is 0 Å². The quantitative estimate of drug-likeness (QED) is 0.258. The lowest BCUT2D eigenvalue weighted by Gasteiger charge is -2.67. The first-order chi connectivity index (χ1) is 12.9. The van der Waals surface area contributed by atoms with Crippen LogP contribution in [0.15, 0.2) is 30.3 Å². The highest BCUT2D eigenvalue weighted by atomic mass is 79.9. The van der Waals surface area contributed by atoms with Gasteiger partial charge in [0.2, 0.25) is 0 Å². The summed E-state index contributed by atoms with van der Waals surface area (Å²) in [5.74, 6) is 0.890. The fourth-order valence-electron chi connectivity index (χ4n) is 3.37. The largest absolute Gasteiger partial charge is 0.135 e. The Labute approximate surface area is 265 Å². The van der Waals surface area contributed by atoms with Gasteiger partial charge in [-0.15, -0.1) is 0 Å². The number of benzene rings is 1.